The van der Waals surface area contributed by atoms with E-state index in [2.05, 4.69) is 19.5 Å². The Morgan fingerprint density at radius 1 is 0.833 bits per heavy atom. The minimum Gasteiger partial charge on any atom is -0.755 e. The fourth-order valence-electron chi connectivity index (χ4n) is 2.24. The summed E-state index contributed by atoms with van der Waals surface area (Å²) < 4.78 is 49.3. The van der Waals surface area contributed by atoms with Gasteiger partial charge in [0.05, 0.1) is 19.3 Å². The van der Waals surface area contributed by atoms with Gasteiger partial charge in [-0.25, -0.2) is 0 Å². The molecule has 6 N–H and O–H groups in total. The van der Waals surface area contributed by atoms with Crippen LogP contribution < -0.4 is 20.5 Å². The molecule has 1 aliphatic heterocycles. The van der Waals surface area contributed by atoms with Gasteiger partial charge in [-0.05, 0) is 48.5 Å². The van der Waals surface area contributed by atoms with Crippen molar-refractivity contribution >= 4 is 69.1 Å². The third kappa shape index (κ3) is 14.4. The molecule has 0 bridgehead atoms. The van der Waals surface area contributed by atoms with E-state index in [9.17, 15) is 36.7 Å². The number of aliphatic carboxylic acids is 1. The van der Waals surface area contributed by atoms with E-state index in [1.54, 1.807) is 24.3 Å². The highest BCUT2D eigenvalue weighted by molar-refractivity contribution is 7.80. The molecule has 2 atom stereocenters. The summed E-state index contributed by atoms with van der Waals surface area (Å²) in [6.45, 7) is 0. The number of carboxylic acids is 1. The molecule has 1 fully saturated rings. The fourth-order valence-corrected chi connectivity index (χ4v) is 2.90. The zero-order valence-electron chi connectivity index (χ0n) is 18.5. The predicted octanol–water partition coefficient (Wildman–Crippen LogP) is 1.02. The molecule has 14 nitrogen and oxygen atoms in total. The average Bonchev–Trinajstić information content (AvgIpc) is 3.18. The molecule has 2 unspecified atom stereocenters. The molecule has 0 spiro atoms. The largest absolute Gasteiger partial charge is 0.755 e. The number of esters is 2. The highest BCUT2D eigenvalue weighted by atomic mass is 32.2. The van der Waals surface area contributed by atoms with E-state index in [0.29, 0.717) is 22.7 Å². The van der Waals surface area contributed by atoms with Crippen molar-refractivity contribution in [3.8, 4) is 0 Å². The van der Waals surface area contributed by atoms with Crippen LogP contribution in [-0.4, -0.2) is 46.4 Å². The first kappa shape index (κ1) is 30.2. The van der Waals surface area contributed by atoms with Crippen molar-refractivity contribution in [2.75, 3.05) is 20.5 Å². The lowest BCUT2D eigenvalue weighted by Gasteiger charge is -2.09. The number of nitrogen functional groups attached to an aromatic ring is 1. The maximum atomic E-state index is 11.3. The maximum absolute atomic E-state index is 11.3. The second kappa shape index (κ2) is 15.9. The lowest BCUT2D eigenvalue weighted by molar-refractivity contribution is -0.152. The van der Waals surface area contributed by atoms with Crippen LogP contribution in [0.15, 0.2) is 48.5 Å². The van der Waals surface area contributed by atoms with Gasteiger partial charge in [0.15, 0.2) is 0 Å². The van der Waals surface area contributed by atoms with Crippen molar-refractivity contribution in [1.82, 2.24) is 0 Å². The van der Waals surface area contributed by atoms with Crippen molar-refractivity contribution in [2.24, 2.45) is 0 Å². The number of rotatable bonds is 8. The molecule has 196 valence electrons. The third-order valence-electron chi connectivity index (χ3n) is 3.81. The number of amides is 1. The van der Waals surface area contributed by atoms with Gasteiger partial charge in [-0.15, -0.1) is 0 Å². The molecule has 0 aliphatic carbocycles. The maximum Gasteiger partial charge on any atom is 0.314 e. The van der Waals surface area contributed by atoms with E-state index >= 15 is 0 Å². The number of carbonyl (C=O) groups is 4. The van der Waals surface area contributed by atoms with Gasteiger partial charge in [0.2, 0.25) is 5.91 Å². The van der Waals surface area contributed by atoms with Crippen molar-refractivity contribution in [3.05, 3.63) is 48.5 Å². The Morgan fingerprint density at radius 2 is 1.25 bits per heavy atom. The van der Waals surface area contributed by atoms with Crippen LogP contribution in [0.1, 0.15) is 25.7 Å². The zero-order chi connectivity index (χ0) is 27.1. The topological polar surface area (TPSA) is 240 Å². The first-order chi connectivity index (χ1) is 16.9. The molecule has 0 aromatic heterocycles. The summed E-state index contributed by atoms with van der Waals surface area (Å²) in [7, 11) is 0. The van der Waals surface area contributed by atoms with E-state index in [-0.39, 0.29) is 25.7 Å². The van der Waals surface area contributed by atoms with Crippen molar-refractivity contribution in [3.63, 3.8) is 0 Å². The highest BCUT2D eigenvalue weighted by Crippen LogP contribution is 2.14. The lowest BCUT2D eigenvalue weighted by Crippen LogP contribution is -2.13. The Morgan fingerprint density at radius 3 is 1.61 bits per heavy atom. The number of nitrogens with two attached hydrogens (primary N) is 1. The van der Waals surface area contributed by atoms with Crippen LogP contribution in [0, 0.1) is 0 Å². The van der Waals surface area contributed by atoms with Crippen molar-refractivity contribution in [1.29, 1.82) is 0 Å². The monoisotopic (exact) mass is 542 g/mol. The summed E-state index contributed by atoms with van der Waals surface area (Å²) >= 11 is -4.66. The molecule has 36 heavy (non-hydrogen) atoms. The normalized spacial score (nSPS) is 13.5. The summed E-state index contributed by atoms with van der Waals surface area (Å²) in [4.78, 5) is 41.6. The smallest absolute Gasteiger partial charge is 0.314 e. The summed E-state index contributed by atoms with van der Waals surface area (Å²) in [6, 6.07) is 12.4. The van der Waals surface area contributed by atoms with Crippen LogP contribution in [0.2, 0.25) is 0 Å². The number of carboxylic acid groups (broad SMARTS) is 1. The van der Waals surface area contributed by atoms with Gasteiger partial charge in [-0.3, -0.25) is 27.6 Å². The number of benzene rings is 2. The number of cyclic esters (lactones) is 2. The second-order valence-electron chi connectivity index (χ2n) is 6.66. The zero-order valence-corrected chi connectivity index (χ0v) is 20.1. The molecule has 0 saturated carbocycles. The third-order valence-corrected chi connectivity index (χ3v) is 4.61. The number of ether oxygens (including phenoxy) is 1. The van der Waals surface area contributed by atoms with Crippen LogP contribution in [0.4, 0.5) is 22.7 Å². The predicted molar refractivity (Wildman–Crippen MR) is 128 cm³/mol. The SMILES string of the molecule is Nc1ccc(NS(=O)[O-])cc1.O=C(O)CCC(=O)Nc1ccc(NS(=O)[O-])cc1.O=C1CCC(=O)O1. The average molecular weight is 543 g/mol. The van der Waals surface area contributed by atoms with E-state index in [4.69, 9.17) is 10.8 Å². The molecule has 1 aliphatic rings. The van der Waals surface area contributed by atoms with Gasteiger partial charge in [-0.2, -0.15) is 0 Å². The van der Waals surface area contributed by atoms with Gasteiger partial charge in [0, 0.05) is 51.7 Å². The van der Waals surface area contributed by atoms with Crippen molar-refractivity contribution < 1.29 is 46.5 Å². The molecule has 1 amide bonds. The molecule has 2 aromatic rings. The number of hydrogen-bond acceptors (Lipinski definition) is 10. The second-order valence-corrected chi connectivity index (χ2v) is 8.01. The van der Waals surface area contributed by atoms with Gasteiger partial charge >= 0.3 is 17.9 Å². The number of hydrogen-bond donors (Lipinski definition) is 5. The number of anilines is 4. The number of carbonyl (C=O) groups excluding carboxylic acids is 3. The van der Waals surface area contributed by atoms with E-state index in [1.165, 1.54) is 24.3 Å². The Hall–Kier alpha value is -3.86. The van der Waals surface area contributed by atoms with Gasteiger partial charge in [0.1, 0.15) is 0 Å². The summed E-state index contributed by atoms with van der Waals surface area (Å²) in [5.74, 6) is -2.25. The van der Waals surface area contributed by atoms with Gasteiger partial charge in [0.25, 0.3) is 0 Å². The Labute approximate surface area is 210 Å². The molecule has 16 heteroatoms. The van der Waals surface area contributed by atoms with Crippen LogP contribution in [-0.2, 0) is 46.4 Å². The first-order valence-electron chi connectivity index (χ1n) is 9.87. The highest BCUT2D eigenvalue weighted by Gasteiger charge is 2.19. The van der Waals surface area contributed by atoms with Crippen LogP contribution in [0.25, 0.3) is 0 Å². The standard InChI is InChI=1S/C10H12N2O5S.C6H8N2O2S.C4H4O3/c13-9(5-6-10(14)15)11-7-1-3-8(4-2-7)12-18(16)17;7-5-1-3-6(4-2-5)8-11(9)10;5-3-1-2-4(6)7-3/h1-4,12H,5-6H2,(H,11,13)(H,14,15)(H,16,17);1-4,8H,7H2,(H,9,10);1-2H2/p-2. The molecular weight excluding hydrogens is 520 g/mol. The van der Waals surface area contributed by atoms with Crippen LogP contribution in [0.3, 0.4) is 0 Å². The van der Waals surface area contributed by atoms with E-state index in [0.717, 1.165) is 0 Å². The quantitative estimate of drug-likeness (QED) is 0.136. The molecule has 1 heterocycles. The first-order valence-corrected chi connectivity index (χ1v) is 12.0. The van der Waals surface area contributed by atoms with Crippen LogP contribution >= 0.6 is 0 Å². The minimum absolute atomic E-state index is 0.111. The van der Waals surface area contributed by atoms with Crippen LogP contribution in [0.5, 0.6) is 0 Å². The minimum atomic E-state index is -2.39. The lowest BCUT2D eigenvalue weighted by atomic mass is 10.2. The van der Waals surface area contributed by atoms with Crippen molar-refractivity contribution in [2.45, 2.75) is 25.7 Å². The Bertz CT molecular complexity index is 1080. The molecular formula is C20H22N4O10S2-2. The summed E-state index contributed by atoms with van der Waals surface area (Å²) in [5.41, 5.74) is 7.32. The Kier molecular flexibility index (Phi) is 13.4. The molecule has 1 saturated heterocycles. The summed E-state index contributed by atoms with van der Waals surface area (Å²) in [6.07, 6.45) is 0.179. The fraction of sp³-hybridized carbons (Fsp3) is 0.200. The molecule has 2 aromatic carbocycles. The number of nitrogens with one attached hydrogen (secondary N) is 3. The van der Waals surface area contributed by atoms with E-state index < -0.39 is 46.3 Å². The van der Waals surface area contributed by atoms with Gasteiger partial charge < -0.3 is 39.4 Å². The molecule has 0 radical (unpaired) electrons. The van der Waals surface area contributed by atoms with Gasteiger partial charge in [-0.1, -0.05) is 0 Å². The summed E-state index contributed by atoms with van der Waals surface area (Å²) in [5, 5.41) is 10.9. The Balaban J connectivity index is 0.000000303. The molecule has 3 rings (SSSR count). The van der Waals surface area contributed by atoms with E-state index in [1.807, 2.05) is 0 Å².